The zero-order valence-corrected chi connectivity index (χ0v) is 15.3. The summed E-state index contributed by atoms with van der Waals surface area (Å²) in [6, 6.07) is 3.06. The number of benzene rings is 1. The quantitative estimate of drug-likeness (QED) is 0.440. The highest BCUT2D eigenvalue weighted by Crippen LogP contribution is 2.34. The third-order valence-electron chi connectivity index (χ3n) is 2.96. The molecule has 1 aromatic carbocycles. The summed E-state index contributed by atoms with van der Waals surface area (Å²) >= 11 is 0. The minimum atomic E-state index is -0.524. The number of esters is 2. The van der Waals surface area contributed by atoms with E-state index in [0.29, 0.717) is 23.7 Å². The van der Waals surface area contributed by atoms with Crippen molar-refractivity contribution in [3.63, 3.8) is 0 Å². The van der Waals surface area contributed by atoms with E-state index in [1.165, 1.54) is 6.07 Å². The van der Waals surface area contributed by atoms with Crippen molar-refractivity contribution in [3.8, 4) is 29.6 Å². The van der Waals surface area contributed by atoms with Crippen LogP contribution in [0, 0.1) is 12.3 Å². The van der Waals surface area contributed by atoms with Crippen LogP contribution >= 0.6 is 0 Å². The molecule has 0 aliphatic rings. The van der Waals surface area contributed by atoms with E-state index >= 15 is 0 Å². The first-order valence-electron chi connectivity index (χ1n) is 8.39. The van der Waals surface area contributed by atoms with Crippen LogP contribution in [0.2, 0.25) is 0 Å². The molecule has 0 aliphatic carbocycles. The summed E-state index contributed by atoms with van der Waals surface area (Å²) in [6.07, 6.45) is 6.33. The number of ether oxygens (including phenoxy) is 5. The first-order chi connectivity index (χ1) is 12.5. The Labute approximate surface area is 153 Å². The van der Waals surface area contributed by atoms with Crippen LogP contribution in [0.15, 0.2) is 12.1 Å². The molecule has 0 saturated carbocycles. The molecule has 0 spiro atoms. The van der Waals surface area contributed by atoms with Crippen LogP contribution in [0.5, 0.6) is 17.2 Å². The number of carbonyl (C=O) groups is 2. The molecule has 142 valence electrons. The Bertz CT molecular complexity index is 646. The summed E-state index contributed by atoms with van der Waals surface area (Å²) in [4.78, 5) is 23.0. The molecule has 1 rings (SSSR count). The molecule has 7 nitrogen and oxygen atoms in total. The molecule has 0 heterocycles. The summed E-state index contributed by atoms with van der Waals surface area (Å²) in [5, 5.41) is 0. The van der Waals surface area contributed by atoms with Gasteiger partial charge in [0.25, 0.3) is 0 Å². The normalized spacial score (nSPS) is 9.77. The van der Waals surface area contributed by atoms with E-state index in [1.807, 2.05) is 6.92 Å². The van der Waals surface area contributed by atoms with Gasteiger partial charge in [-0.05, 0) is 20.3 Å². The second-order valence-electron chi connectivity index (χ2n) is 4.97. The number of rotatable bonds is 11. The van der Waals surface area contributed by atoms with Crippen molar-refractivity contribution in [1.29, 1.82) is 0 Å². The van der Waals surface area contributed by atoms with E-state index in [4.69, 9.17) is 30.1 Å². The molecular weight excluding hydrogens is 340 g/mol. The second kappa shape index (κ2) is 11.6. The summed E-state index contributed by atoms with van der Waals surface area (Å²) in [6.45, 7) is 5.73. The van der Waals surface area contributed by atoms with Gasteiger partial charge in [-0.3, -0.25) is 0 Å². The van der Waals surface area contributed by atoms with E-state index < -0.39 is 11.9 Å². The van der Waals surface area contributed by atoms with Crippen LogP contribution in [0.4, 0.5) is 0 Å². The Morgan fingerprint density at radius 3 is 1.96 bits per heavy atom. The van der Waals surface area contributed by atoms with Crippen molar-refractivity contribution in [2.24, 2.45) is 0 Å². The fourth-order valence-corrected chi connectivity index (χ4v) is 1.92. The first-order valence-corrected chi connectivity index (χ1v) is 8.39. The molecule has 0 fully saturated rings. The van der Waals surface area contributed by atoms with Crippen LogP contribution in [0.3, 0.4) is 0 Å². The third-order valence-corrected chi connectivity index (χ3v) is 2.96. The number of terminal acetylenes is 1. The Morgan fingerprint density at radius 1 is 0.923 bits per heavy atom. The predicted octanol–water partition coefficient (Wildman–Crippen LogP) is 2.34. The Morgan fingerprint density at radius 2 is 1.46 bits per heavy atom. The van der Waals surface area contributed by atoms with Gasteiger partial charge in [-0.1, -0.05) is 12.8 Å². The zero-order valence-electron chi connectivity index (χ0n) is 15.3. The van der Waals surface area contributed by atoms with Crippen LogP contribution in [0.1, 0.15) is 32.8 Å². The van der Waals surface area contributed by atoms with Crippen molar-refractivity contribution < 1.29 is 33.3 Å². The van der Waals surface area contributed by atoms with Crippen LogP contribution in [-0.4, -0.2) is 45.0 Å². The lowest BCUT2D eigenvalue weighted by atomic mass is 10.1. The van der Waals surface area contributed by atoms with Gasteiger partial charge in [0, 0.05) is 12.1 Å². The van der Waals surface area contributed by atoms with Crippen molar-refractivity contribution in [2.45, 2.75) is 27.2 Å². The largest absolute Gasteiger partial charge is 0.492 e. The van der Waals surface area contributed by atoms with E-state index in [0.717, 1.165) is 6.42 Å². The van der Waals surface area contributed by atoms with Gasteiger partial charge in [0.2, 0.25) is 0 Å². The van der Waals surface area contributed by atoms with Crippen molar-refractivity contribution in [2.75, 3.05) is 33.0 Å². The van der Waals surface area contributed by atoms with Gasteiger partial charge < -0.3 is 23.7 Å². The fraction of sp³-hybridized carbons (Fsp3) is 0.474. The predicted molar refractivity (Wildman–Crippen MR) is 94.4 cm³/mol. The Balaban J connectivity index is 3.02. The summed E-state index contributed by atoms with van der Waals surface area (Å²) < 4.78 is 26.2. The SMILES string of the molecule is C#Cc1c(OCCC)cc(OCC(=O)OCC)cc1OCC(=O)OCC. The Hall–Kier alpha value is -2.88. The van der Waals surface area contributed by atoms with Gasteiger partial charge in [0.05, 0.1) is 19.8 Å². The van der Waals surface area contributed by atoms with E-state index in [2.05, 4.69) is 5.92 Å². The molecule has 0 aliphatic heterocycles. The first kappa shape index (κ1) is 21.2. The number of hydrogen-bond acceptors (Lipinski definition) is 7. The van der Waals surface area contributed by atoms with Crippen LogP contribution in [0.25, 0.3) is 0 Å². The maximum absolute atomic E-state index is 11.5. The zero-order chi connectivity index (χ0) is 19.4. The molecule has 26 heavy (non-hydrogen) atoms. The highest BCUT2D eigenvalue weighted by atomic mass is 16.6. The average molecular weight is 364 g/mol. The maximum atomic E-state index is 11.5. The van der Waals surface area contributed by atoms with Gasteiger partial charge in [-0.25, -0.2) is 9.59 Å². The fourth-order valence-electron chi connectivity index (χ4n) is 1.92. The van der Waals surface area contributed by atoms with Crippen molar-refractivity contribution >= 4 is 11.9 Å². The number of carbonyl (C=O) groups excluding carboxylic acids is 2. The van der Waals surface area contributed by atoms with Crippen molar-refractivity contribution in [3.05, 3.63) is 17.7 Å². The lowest BCUT2D eigenvalue weighted by Crippen LogP contribution is -2.16. The number of hydrogen-bond donors (Lipinski definition) is 0. The van der Waals surface area contributed by atoms with Gasteiger partial charge >= 0.3 is 11.9 Å². The van der Waals surface area contributed by atoms with Crippen LogP contribution < -0.4 is 14.2 Å². The minimum absolute atomic E-state index is 0.230. The molecular formula is C19H24O7. The highest BCUT2D eigenvalue weighted by molar-refractivity contribution is 5.72. The van der Waals surface area contributed by atoms with Gasteiger partial charge in [0.15, 0.2) is 13.2 Å². The average Bonchev–Trinajstić information content (AvgIpc) is 2.63. The standard InChI is InChI=1S/C19H24O7/c1-5-9-24-16-10-14(25-12-18(20)22-7-3)11-17(15(16)6-2)26-13-19(21)23-8-4/h2,10-11H,5,7-9,12-13H2,1,3-4H3. The Kier molecular flexibility index (Phi) is 9.47. The smallest absolute Gasteiger partial charge is 0.344 e. The molecule has 7 heteroatoms. The molecule has 0 N–H and O–H groups in total. The molecule has 0 saturated heterocycles. The monoisotopic (exact) mass is 364 g/mol. The van der Waals surface area contributed by atoms with Gasteiger partial charge in [-0.15, -0.1) is 6.42 Å². The lowest BCUT2D eigenvalue weighted by Gasteiger charge is -2.15. The second-order valence-corrected chi connectivity index (χ2v) is 4.97. The summed E-state index contributed by atoms with van der Waals surface area (Å²) in [5.41, 5.74) is 0.353. The molecule has 0 radical (unpaired) electrons. The molecule has 0 amide bonds. The van der Waals surface area contributed by atoms with E-state index in [9.17, 15) is 9.59 Å². The highest BCUT2D eigenvalue weighted by Gasteiger charge is 2.15. The molecule has 0 aromatic heterocycles. The van der Waals surface area contributed by atoms with E-state index in [-0.39, 0.29) is 32.2 Å². The van der Waals surface area contributed by atoms with Gasteiger partial charge in [0.1, 0.15) is 22.8 Å². The third kappa shape index (κ3) is 6.93. The molecule has 0 unspecified atom stereocenters. The van der Waals surface area contributed by atoms with E-state index in [1.54, 1.807) is 19.9 Å². The summed E-state index contributed by atoms with van der Waals surface area (Å²) in [7, 11) is 0. The minimum Gasteiger partial charge on any atom is -0.492 e. The lowest BCUT2D eigenvalue weighted by molar-refractivity contribution is -0.146. The van der Waals surface area contributed by atoms with Gasteiger partial charge in [-0.2, -0.15) is 0 Å². The molecule has 0 atom stereocenters. The van der Waals surface area contributed by atoms with Crippen LogP contribution in [-0.2, 0) is 19.1 Å². The molecule has 0 bridgehead atoms. The summed E-state index contributed by atoms with van der Waals surface area (Å²) in [5.74, 6) is 2.37. The van der Waals surface area contributed by atoms with Crippen molar-refractivity contribution in [1.82, 2.24) is 0 Å². The molecule has 1 aromatic rings. The topological polar surface area (TPSA) is 80.3 Å². The maximum Gasteiger partial charge on any atom is 0.344 e.